The third-order valence-corrected chi connectivity index (χ3v) is 14.0. The molecule has 0 heterocycles. The SMILES string of the molecule is C1CCC(P(C2CCCCC2)C2CCCCC2)CC1.Nc1ccccc1-c1cccc[c]1[Pd][Cl]. The van der Waals surface area contributed by atoms with Crippen molar-refractivity contribution in [1.29, 1.82) is 0 Å². The second-order valence-corrected chi connectivity index (χ2v) is 15.3. The fourth-order valence-electron chi connectivity index (χ4n) is 6.49. The molecule has 3 aliphatic rings. The number of hydrogen-bond donors (Lipinski definition) is 1. The van der Waals surface area contributed by atoms with Gasteiger partial charge in [0.1, 0.15) is 0 Å². The molecule has 0 unspecified atom stereocenters. The monoisotopic (exact) mass is 589 g/mol. The Morgan fingerprint density at radius 3 is 1.44 bits per heavy atom. The van der Waals surface area contributed by atoms with Crippen LogP contribution in [0.5, 0.6) is 0 Å². The van der Waals surface area contributed by atoms with E-state index in [2.05, 4.69) is 6.07 Å². The van der Waals surface area contributed by atoms with Crippen molar-refractivity contribution < 1.29 is 17.0 Å². The number of rotatable bonds is 5. The van der Waals surface area contributed by atoms with E-state index in [1.807, 2.05) is 42.5 Å². The summed E-state index contributed by atoms with van der Waals surface area (Å²) in [7, 11) is 6.33. The normalized spacial score (nSPS) is 20.8. The molecule has 2 aromatic carbocycles. The van der Waals surface area contributed by atoms with E-state index in [1.54, 1.807) is 77.0 Å². The standard InChI is InChI=1S/C18H33P.C12H10N.ClH.Pd/c1-4-10-16(11-5-1)19(17-12-6-2-7-13-17)18-14-8-3-9-15-18;13-12-9-5-4-8-11(12)10-6-2-1-3-7-10;;/h16-18H,1-15H2;1-6,8-9H,13H2;1H;/q;;;+1/p-1. The van der Waals surface area contributed by atoms with Crippen LogP contribution in [0, 0.1) is 0 Å². The van der Waals surface area contributed by atoms with Crippen molar-refractivity contribution in [2.75, 3.05) is 5.73 Å². The first kappa shape index (κ1) is 26.7. The van der Waals surface area contributed by atoms with E-state index in [9.17, 15) is 0 Å². The van der Waals surface area contributed by atoms with Crippen LogP contribution in [0.3, 0.4) is 0 Å². The third-order valence-electron chi connectivity index (χ3n) is 8.15. The molecule has 0 radical (unpaired) electrons. The Kier molecular flexibility index (Phi) is 11.3. The second kappa shape index (κ2) is 14.4. The summed E-state index contributed by atoms with van der Waals surface area (Å²) in [4.78, 5) is 0. The summed E-state index contributed by atoms with van der Waals surface area (Å²) in [5.74, 6) is 0. The van der Waals surface area contributed by atoms with Crippen molar-refractivity contribution in [1.82, 2.24) is 0 Å². The molecule has 3 saturated carbocycles. The van der Waals surface area contributed by atoms with Gasteiger partial charge in [-0.3, -0.25) is 0 Å². The number of nitrogens with two attached hydrogens (primary N) is 1. The average Bonchev–Trinajstić information content (AvgIpc) is 2.91. The first-order valence-electron chi connectivity index (χ1n) is 13.7. The molecule has 5 rings (SSSR count). The Labute approximate surface area is 221 Å². The van der Waals surface area contributed by atoms with Crippen LogP contribution >= 0.6 is 17.5 Å². The van der Waals surface area contributed by atoms with Gasteiger partial charge in [-0.2, -0.15) is 0 Å². The quantitative estimate of drug-likeness (QED) is 0.210. The summed E-state index contributed by atoms with van der Waals surface area (Å²) in [5, 5.41) is 0. The van der Waals surface area contributed by atoms with Crippen LogP contribution in [0.2, 0.25) is 0 Å². The van der Waals surface area contributed by atoms with Gasteiger partial charge in [-0.25, -0.2) is 0 Å². The van der Waals surface area contributed by atoms with E-state index in [-0.39, 0.29) is 17.0 Å². The van der Waals surface area contributed by atoms with Gasteiger partial charge in [-0.05, 0) is 55.5 Å². The van der Waals surface area contributed by atoms with Gasteiger partial charge < -0.3 is 0 Å². The first-order chi connectivity index (χ1) is 16.8. The van der Waals surface area contributed by atoms with E-state index in [1.165, 1.54) is 36.2 Å². The van der Waals surface area contributed by atoms with Gasteiger partial charge in [0, 0.05) is 0 Å². The molecule has 0 aromatic heterocycles. The fourth-order valence-corrected chi connectivity index (χ4v) is 12.5. The van der Waals surface area contributed by atoms with Crippen LogP contribution in [0.15, 0.2) is 48.5 Å². The maximum atomic E-state index is 5.94. The molecule has 34 heavy (non-hydrogen) atoms. The maximum absolute atomic E-state index is 5.94. The number of para-hydroxylation sites is 1. The minimum absolute atomic E-state index is 0.0778. The molecule has 0 saturated heterocycles. The molecule has 3 aliphatic carbocycles. The van der Waals surface area contributed by atoms with E-state index in [0.717, 1.165) is 20.9 Å². The van der Waals surface area contributed by atoms with E-state index in [4.69, 9.17) is 15.3 Å². The van der Waals surface area contributed by atoms with Gasteiger partial charge in [0.2, 0.25) is 0 Å². The zero-order valence-corrected chi connectivity index (χ0v) is 23.9. The zero-order chi connectivity index (χ0) is 23.6. The molecule has 0 bridgehead atoms. The Hall–Kier alpha value is -0.378. The van der Waals surface area contributed by atoms with Crippen LogP contribution in [0.25, 0.3) is 11.1 Å². The van der Waals surface area contributed by atoms with Crippen molar-refractivity contribution in [2.24, 2.45) is 0 Å². The van der Waals surface area contributed by atoms with Crippen LogP contribution in [-0.4, -0.2) is 17.0 Å². The first-order valence-corrected chi connectivity index (χ1v) is 18.0. The van der Waals surface area contributed by atoms with Crippen LogP contribution in [0.4, 0.5) is 5.69 Å². The summed E-state index contributed by atoms with van der Waals surface area (Å²) >= 11 is 0.0778. The third kappa shape index (κ3) is 7.33. The number of nitrogen functional groups attached to an aromatic ring is 1. The molecular weight excluding hydrogens is 547 g/mol. The zero-order valence-electron chi connectivity index (χ0n) is 20.7. The van der Waals surface area contributed by atoms with Gasteiger partial charge >= 0.3 is 102 Å². The van der Waals surface area contributed by atoms with Crippen molar-refractivity contribution in [3.8, 4) is 11.1 Å². The average molecular weight is 591 g/mol. The van der Waals surface area contributed by atoms with Crippen molar-refractivity contribution in [3.05, 3.63) is 48.5 Å². The second-order valence-electron chi connectivity index (χ2n) is 10.4. The molecule has 190 valence electrons. The molecular formula is C30H43ClNPPd. The van der Waals surface area contributed by atoms with Gasteiger partial charge in [-0.15, -0.1) is 0 Å². The van der Waals surface area contributed by atoms with Crippen molar-refractivity contribution in [3.63, 3.8) is 0 Å². The summed E-state index contributed by atoms with van der Waals surface area (Å²) in [6, 6.07) is 16.0. The minimum atomic E-state index is 0.0778. The van der Waals surface area contributed by atoms with Crippen molar-refractivity contribution >= 4 is 27.2 Å². The van der Waals surface area contributed by atoms with Crippen molar-refractivity contribution in [2.45, 2.75) is 113 Å². The molecule has 1 nitrogen and oxygen atoms in total. The number of halogens is 1. The molecule has 2 aromatic rings. The summed E-state index contributed by atoms with van der Waals surface area (Å²) < 4.78 is 1.16. The molecule has 0 spiro atoms. The van der Waals surface area contributed by atoms with Gasteiger partial charge in [0.15, 0.2) is 0 Å². The molecule has 0 atom stereocenters. The fraction of sp³-hybridized carbons (Fsp3) is 0.600. The van der Waals surface area contributed by atoms with E-state index >= 15 is 0 Å². The Morgan fingerprint density at radius 1 is 0.588 bits per heavy atom. The van der Waals surface area contributed by atoms with Crippen LogP contribution in [0.1, 0.15) is 96.3 Å². The molecule has 3 fully saturated rings. The Morgan fingerprint density at radius 2 is 1.00 bits per heavy atom. The van der Waals surface area contributed by atoms with E-state index < -0.39 is 0 Å². The molecule has 0 amide bonds. The molecule has 4 heteroatoms. The topological polar surface area (TPSA) is 26.0 Å². The number of hydrogen-bond acceptors (Lipinski definition) is 1. The summed E-state index contributed by atoms with van der Waals surface area (Å²) in [5.41, 5.74) is 12.5. The molecule has 2 N–H and O–H groups in total. The Balaban J connectivity index is 0.000000166. The van der Waals surface area contributed by atoms with Gasteiger partial charge in [0.05, 0.1) is 0 Å². The van der Waals surface area contributed by atoms with Gasteiger partial charge in [0.25, 0.3) is 0 Å². The van der Waals surface area contributed by atoms with Crippen LogP contribution in [-0.2, 0) is 17.0 Å². The van der Waals surface area contributed by atoms with Gasteiger partial charge in [-0.1, -0.05) is 65.7 Å². The molecule has 0 aliphatic heterocycles. The number of anilines is 1. The Bertz CT molecular complexity index is 814. The summed E-state index contributed by atoms with van der Waals surface area (Å²) in [6.07, 6.45) is 23.6. The summed E-state index contributed by atoms with van der Waals surface area (Å²) in [6.45, 7) is 0. The predicted molar refractivity (Wildman–Crippen MR) is 149 cm³/mol. The number of benzene rings is 2. The predicted octanol–water partition coefficient (Wildman–Crippen LogP) is 9.26. The van der Waals surface area contributed by atoms with E-state index in [0.29, 0.717) is 7.92 Å². The van der Waals surface area contributed by atoms with Crippen LogP contribution < -0.4 is 9.77 Å².